The van der Waals surface area contributed by atoms with E-state index in [1.165, 1.54) is 6.21 Å². The Balaban J connectivity index is 1.61. The van der Waals surface area contributed by atoms with E-state index in [2.05, 4.69) is 26.0 Å². The Morgan fingerprint density at radius 1 is 1.00 bits per heavy atom. The predicted molar refractivity (Wildman–Crippen MR) is 132 cm³/mol. The van der Waals surface area contributed by atoms with E-state index in [0.717, 1.165) is 11.3 Å². The number of ether oxygens (including phenoxy) is 1. The molecular formula is C26H23N5O4. The number of hydrazone groups is 1. The van der Waals surface area contributed by atoms with Crippen molar-refractivity contribution >= 4 is 28.8 Å². The van der Waals surface area contributed by atoms with Gasteiger partial charge in [0, 0.05) is 10.9 Å². The maximum atomic E-state index is 13.2. The van der Waals surface area contributed by atoms with E-state index in [1.807, 2.05) is 6.92 Å². The Morgan fingerprint density at radius 2 is 1.69 bits per heavy atom. The van der Waals surface area contributed by atoms with Crippen molar-refractivity contribution in [2.75, 3.05) is 6.61 Å². The quantitative estimate of drug-likeness (QED) is 0.270. The predicted octanol–water partition coefficient (Wildman–Crippen LogP) is 2.94. The molecule has 0 saturated heterocycles. The smallest absolute Gasteiger partial charge is 0.272 e. The second-order valence-electron chi connectivity index (χ2n) is 7.49. The van der Waals surface area contributed by atoms with Crippen molar-refractivity contribution in [3.8, 4) is 5.75 Å². The number of H-pyrrole nitrogens is 1. The minimum atomic E-state index is -1.22. The third-order valence-corrected chi connectivity index (χ3v) is 5.15. The Morgan fingerprint density at radius 3 is 2.40 bits per heavy atom. The summed E-state index contributed by atoms with van der Waals surface area (Å²) in [6, 6.07) is 21.2. The van der Waals surface area contributed by atoms with Gasteiger partial charge in [-0.05, 0) is 55.0 Å². The van der Waals surface area contributed by atoms with E-state index in [9.17, 15) is 14.4 Å². The average Bonchev–Trinajstić information content (AvgIpc) is 2.89. The molecule has 0 fully saturated rings. The number of nitrogens with one attached hydrogen (secondary N) is 3. The molecule has 3 aromatic carbocycles. The maximum absolute atomic E-state index is 13.2. The SMILES string of the molecule is CCOc1ccc(/C=N/NC(=O)C(NC(=O)c2ccccc2)c2n[nH]c(=O)c3ccccc23)cc1. The number of nitrogens with zero attached hydrogens (tertiary/aromatic N) is 2. The van der Waals surface area contributed by atoms with Gasteiger partial charge in [0.1, 0.15) is 11.4 Å². The van der Waals surface area contributed by atoms with Crippen LogP contribution in [0.25, 0.3) is 10.8 Å². The number of benzene rings is 3. The fourth-order valence-corrected chi connectivity index (χ4v) is 3.47. The third-order valence-electron chi connectivity index (χ3n) is 5.15. The van der Waals surface area contributed by atoms with Crippen LogP contribution in [0.15, 0.2) is 88.8 Å². The van der Waals surface area contributed by atoms with Crippen LogP contribution < -0.4 is 21.0 Å². The molecule has 1 aromatic heterocycles. The molecular weight excluding hydrogens is 446 g/mol. The van der Waals surface area contributed by atoms with Gasteiger partial charge >= 0.3 is 0 Å². The number of aromatic amines is 1. The number of fused-ring (bicyclic) bond motifs is 1. The summed E-state index contributed by atoms with van der Waals surface area (Å²) in [5.74, 6) is -0.368. The van der Waals surface area contributed by atoms with Gasteiger partial charge in [0.2, 0.25) is 0 Å². The Kier molecular flexibility index (Phi) is 7.27. The lowest BCUT2D eigenvalue weighted by Crippen LogP contribution is -2.40. The molecule has 0 aliphatic rings. The van der Waals surface area contributed by atoms with E-state index in [-0.39, 0.29) is 5.69 Å². The standard InChI is InChI=1S/C26H23N5O4/c1-2-35-19-14-12-17(13-15-19)16-27-30-26(34)23(28-24(32)18-8-4-3-5-9-18)22-20-10-6-7-11-21(20)25(33)31-29-22/h3-16,23H,2H2,1H3,(H,28,32)(H,30,34)(H,31,33)/b27-16+. The van der Waals surface area contributed by atoms with Crippen molar-refractivity contribution in [2.24, 2.45) is 5.10 Å². The van der Waals surface area contributed by atoms with Crippen molar-refractivity contribution in [2.45, 2.75) is 13.0 Å². The first-order valence-electron chi connectivity index (χ1n) is 11.0. The van der Waals surface area contributed by atoms with E-state index < -0.39 is 23.4 Å². The highest BCUT2D eigenvalue weighted by molar-refractivity contribution is 5.99. The molecule has 1 unspecified atom stereocenters. The van der Waals surface area contributed by atoms with E-state index in [4.69, 9.17) is 4.74 Å². The number of aromatic nitrogens is 2. The zero-order valence-corrected chi connectivity index (χ0v) is 18.9. The summed E-state index contributed by atoms with van der Waals surface area (Å²) in [7, 11) is 0. The molecule has 0 aliphatic heterocycles. The summed E-state index contributed by atoms with van der Waals surface area (Å²) in [6.45, 7) is 2.46. The van der Waals surface area contributed by atoms with Gasteiger partial charge < -0.3 is 10.1 Å². The maximum Gasteiger partial charge on any atom is 0.272 e. The largest absolute Gasteiger partial charge is 0.494 e. The first kappa shape index (κ1) is 23.4. The fraction of sp³-hybridized carbons (Fsp3) is 0.115. The molecule has 0 spiro atoms. The number of amides is 2. The van der Waals surface area contributed by atoms with Gasteiger partial charge in [-0.3, -0.25) is 14.4 Å². The van der Waals surface area contributed by atoms with Crippen LogP contribution in [-0.2, 0) is 4.79 Å². The number of carbonyl (C=O) groups is 2. The lowest BCUT2D eigenvalue weighted by Gasteiger charge is -2.18. The number of hydrogen-bond acceptors (Lipinski definition) is 6. The summed E-state index contributed by atoms with van der Waals surface area (Å²) in [5, 5.41) is 14.0. The van der Waals surface area contributed by atoms with Crippen LogP contribution in [0.5, 0.6) is 5.75 Å². The van der Waals surface area contributed by atoms with Crippen LogP contribution >= 0.6 is 0 Å². The van der Waals surface area contributed by atoms with Crippen molar-refractivity contribution < 1.29 is 14.3 Å². The van der Waals surface area contributed by atoms with Gasteiger partial charge in [0.15, 0.2) is 6.04 Å². The molecule has 176 valence electrons. The van der Waals surface area contributed by atoms with Crippen LogP contribution in [0.1, 0.15) is 34.6 Å². The zero-order valence-electron chi connectivity index (χ0n) is 18.9. The van der Waals surface area contributed by atoms with E-state index >= 15 is 0 Å². The normalized spacial score (nSPS) is 11.8. The highest BCUT2D eigenvalue weighted by Gasteiger charge is 2.27. The zero-order chi connectivity index (χ0) is 24.6. The van der Waals surface area contributed by atoms with Crippen molar-refractivity contribution in [1.82, 2.24) is 20.9 Å². The second kappa shape index (κ2) is 10.9. The number of carbonyl (C=O) groups excluding carboxylic acids is 2. The topological polar surface area (TPSA) is 126 Å². The summed E-state index contributed by atoms with van der Waals surface area (Å²) >= 11 is 0. The molecule has 0 radical (unpaired) electrons. The van der Waals surface area contributed by atoms with E-state index in [1.54, 1.807) is 78.9 Å². The monoisotopic (exact) mass is 469 g/mol. The molecule has 9 nitrogen and oxygen atoms in total. The third kappa shape index (κ3) is 5.59. The fourth-order valence-electron chi connectivity index (χ4n) is 3.47. The molecule has 4 aromatic rings. The summed E-state index contributed by atoms with van der Waals surface area (Å²) in [6.07, 6.45) is 1.47. The molecule has 9 heteroatoms. The van der Waals surface area contributed by atoms with Crippen LogP contribution in [0.3, 0.4) is 0 Å². The van der Waals surface area contributed by atoms with Gasteiger partial charge in [-0.15, -0.1) is 0 Å². The first-order valence-corrected chi connectivity index (χ1v) is 11.0. The molecule has 2 amide bonds. The van der Waals surface area contributed by atoms with Gasteiger partial charge in [-0.2, -0.15) is 10.2 Å². The molecule has 1 heterocycles. The number of rotatable bonds is 8. The van der Waals surface area contributed by atoms with Crippen LogP contribution in [0.4, 0.5) is 0 Å². The highest BCUT2D eigenvalue weighted by Crippen LogP contribution is 2.20. The summed E-state index contributed by atoms with van der Waals surface area (Å²) in [4.78, 5) is 38.3. The van der Waals surface area contributed by atoms with Gasteiger partial charge in [0.05, 0.1) is 18.2 Å². The number of hydrogen-bond donors (Lipinski definition) is 3. The Hall–Kier alpha value is -4.79. The van der Waals surface area contributed by atoms with Crippen LogP contribution in [0, 0.1) is 0 Å². The Bertz CT molecular complexity index is 1420. The molecule has 0 bridgehead atoms. The van der Waals surface area contributed by atoms with Gasteiger partial charge in [-0.25, -0.2) is 10.5 Å². The van der Waals surface area contributed by atoms with E-state index in [0.29, 0.717) is 22.9 Å². The van der Waals surface area contributed by atoms with Crippen molar-refractivity contribution in [3.63, 3.8) is 0 Å². The second-order valence-corrected chi connectivity index (χ2v) is 7.49. The molecule has 4 rings (SSSR count). The van der Waals surface area contributed by atoms with Crippen LogP contribution in [0.2, 0.25) is 0 Å². The molecule has 0 aliphatic carbocycles. The summed E-state index contributed by atoms with van der Waals surface area (Å²) in [5.41, 5.74) is 3.37. The lowest BCUT2D eigenvalue weighted by atomic mass is 10.0. The molecule has 35 heavy (non-hydrogen) atoms. The molecule has 0 saturated carbocycles. The van der Waals surface area contributed by atoms with Crippen molar-refractivity contribution in [3.05, 3.63) is 106 Å². The van der Waals surface area contributed by atoms with Gasteiger partial charge in [-0.1, -0.05) is 36.4 Å². The van der Waals surface area contributed by atoms with Crippen molar-refractivity contribution in [1.29, 1.82) is 0 Å². The lowest BCUT2D eigenvalue weighted by molar-refractivity contribution is -0.123. The Labute approximate surface area is 200 Å². The molecule has 3 N–H and O–H groups in total. The highest BCUT2D eigenvalue weighted by atomic mass is 16.5. The van der Waals surface area contributed by atoms with Gasteiger partial charge in [0.25, 0.3) is 17.4 Å². The average molecular weight is 470 g/mol. The first-order chi connectivity index (χ1) is 17.1. The minimum absolute atomic E-state index is 0.193. The summed E-state index contributed by atoms with van der Waals surface area (Å²) < 4.78 is 5.41. The minimum Gasteiger partial charge on any atom is -0.494 e. The van der Waals surface area contributed by atoms with Crippen LogP contribution in [-0.4, -0.2) is 34.8 Å². The molecule has 1 atom stereocenters.